The summed E-state index contributed by atoms with van der Waals surface area (Å²) in [6.07, 6.45) is 12.6. The Kier molecular flexibility index (Phi) is 14.8. The van der Waals surface area contributed by atoms with E-state index in [1.54, 1.807) is 0 Å². The minimum absolute atomic E-state index is 0.127. The summed E-state index contributed by atoms with van der Waals surface area (Å²) in [6.45, 7) is 2.19. The minimum Gasteiger partial charge on any atom is -0.509 e. The van der Waals surface area contributed by atoms with Gasteiger partial charge in [0, 0.05) is 19.3 Å². The van der Waals surface area contributed by atoms with Gasteiger partial charge in [0.2, 0.25) is 0 Å². The van der Waals surface area contributed by atoms with E-state index in [1.807, 2.05) is 0 Å². The highest BCUT2D eigenvalue weighted by atomic mass is 17.1. The second kappa shape index (κ2) is 15.7. The number of aliphatic hydroxyl groups excluding tert-OH is 2. The van der Waals surface area contributed by atoms with Gasteiger partial charge < -0.3 is 15.1 Å². The van der Waals surface area contributed by atoms with E-state index < -0.39 is 5.97 Å². The molecule has 5 heteroatoms. The van der Waals surface area contributed by atoms with Crippen LogP contribution in [0.1, 0.15) is 96.8 Å². The number of unbranched alkanes of at least 4 members (excludes halogenated alkanes) is 9. The van der Waals surface area contributed by atoms with Crippen LogP contribution in [0.2, 0.25) is 0 Å². The first-order valence-electron chi connectivity index (χ1n) is 9.06. The highest BCUT2D eigenvalue weighted by Gasteiger charge is 2.05. The molecule has 0 aliphatic heterocycles. The fraction of sp³-hybridized carbons (Fsp3) is 0.833. The minimum atomic E-state index is -0.592. The summed E-state index contributed by atoms with van der Waals surface area (Å²) in [5, 5.41) is 27.7. The van der Waals surface area contributed by atoms with E-state index in [9.17, 15) is 15.0 Å². The molecule has 0 aliphatic rings. The lowest BCUT2D eigenvalue weighted by atomic mass is 10.1. The van der Waals surface area contributed by atoms with Gasteiger partial charge in [-0.2, -0.15) is 5.26 Å². The first-order chi connectivity index (χ1) is 11.1. The van der Waals surface area contributed by atoms with Crippen LogP contribution < -0.4 is 0 Å². The quantitative estimate of drug-likeness (QED) is 0.153. The summed E-state index contributed by atoms with van der Waals surface area (Å²) >= 11 is 0. The van der Waals surface area contributed by atoms with Crippen LogP contribution in [0.4, 0.5) is 0 Å². The maximum absolute atomic E-state index is 10.7. The van der Waals surface area contributed by atoms with E-state index in [0.29, 0.717) is 19.3 Å². The summed E-state index contributed by atoms with van der Waals surface area (Å²) in [6, 6.07) is 0. The lowest BCUT2D eigenvalue weighted by Gasteiger charge is -2.06. The molecule has 136 valence electrons. The number of carbonyl (C=O) groups excluding carboxylic acids is 1. The topological polar surface area (TPSA) is 87.0 Å². The van der Waals surface area contributed by atoms with Crippen molar-refractivity contribution in [1.82, 2.24) is 0 Å². The molecule has 0 amide bonds. The second-order valence-corrected chi connectivity index (χ2v) is 6.14. The zero-order valence-electron chi connectivity index (χ0n) is 14.6. The van der Waals surface area contributed by atoms with E-state index in [0.717, 1.165) is 38.5 Å². The van der Waals surface area contributed by atoms with E-state index in [4.69, 9.17) is 5.26 Å². The molecule has 0 aromatic rings. The van der Waals surface area contributed by atoms with Gasteiger partial charge in [-0.05, 0) is 19.3 Å². The number of hydrogen-bond donors (Lipinski definition) is 3. The first kappa shape index (κ1) is 21.8. The Morgan fingerprint density at radius 2 is 1.09 bits per heavy atom. The van der Waals surface area contributed by atoms with Crippen molar-refractivity contribution in [3.63, 3.8) is 0 Å². The maximum Gasteiger partial charge on any atom is 0.342 e. The normalized spacial score (nSPS) is 12.1. The Balaban J connectivity index is 3.54. The van der Waals surface area contributed by atoms with Gasteiger partial charge in [0.05, 0.1) is 0 Å². The van der Waals surface area contributed by atoms with Crippen molar-refractivity contribution in [3.05, 3.63) is 11.5 Å². The molecule has 0 radical (unpaired) electrons. The zero-order valence-corrected chi connectivity index (χ0v) is 14.6. The average molecular weight is 330 g/mol. The van der Waals surface area contributed by atoms with Crippen molar-refractivity contribution in [2.75, 3.05) is 0 Å². The van der Waals surface area contributed by atoms with Gasteiger partial charge >= 0.3 is 5.97 Å². The van der Waals surface area contributed by atoms with Gasteiger partial charge in [-0.1, -0.05) is 58.3 Å². The van der Waals surface area contributed by atoms with Crippen molar-refractivity contribution in [2.24, 2.45) is 0 Å². The third kappa shape index (κ3) is 14.1. The van der Waals surface area contributed by atoms with Crippen LogP contribution in [-0.4, -0.2) is 21.4 Å². The van der Waals surface area contributed by atoms with Crippen LogP contribution in [0.15, 0.2) is 11.5 Å². The van der Waals surface area contributed by atoms with Gasteiger partial charge in [0.1, 0.15) is 11.5 Å². The summed E-state index contributed by atoms with van der Waals surface area (Å²) in [7, 11) is 0. The third-order valence-corrected chi connectivity index (χ3v) is 4.00. The molecular formula is C18H34O5. The molecule has 0 spiro atoms. The lowest BCUT2D eigenvalue weighted by Crippen LogP contribution is -1.99. The third-order valence-electron chi connectivity index (χ3n) is 4.00. The van der Waals surface area contributed by atoms with Gasteiger partial charge in [0.25, 0.3) is 0 Å². The molecule has 0 heterocycles. The molecule has 0 unspecified atom stereocenters. The first-order valence-corrected chi connectivity index (χ1v) is 9.06. The number of hydrogen-bond acceptors (Lipinski definition) is 5. The van der Waals surface area contributed by atoms with Gasteiger partial charge in [0.15, 0.2) is 0 Å². The Morgan fingerprint density at radius 3 is 1.52 bits per heavy atom. The van der Waals surface area contributed by atoms with Crippen molar-refractivity contribution >= 4 is 5.97 Å². The fourth-order valence-corrected chi connectivity index (χ4v) is 2.50. The molecule has 0 aromatic heterocycles. The van der Waals surface area contributed by atoms with Crippen molar-refractivity contribution in [1.29, 1.82) is 0 Å². The van der Waals surface area contributed by atoms with Crippen molar-refractivity contribution in [2.45, 2.75) is 96.8 Å². The molecule has 0 saturated carbocycles. The molecule has 0 aliphatic carbocycles. The molecule has 3 N–H and O–H groups in total. The molecule has 5 nitrogen and oxygen atoms in total. The van der Waals surface area contributed by atoms with Crippen LogP contribution >= 0.6 is 0 Å². The van der Waals surface area contributed by atoms with Crippen molar-refractivity contribution < 1.29 is 25.2 Å². The monoisotopic (exact) mass is 330 g/mol. The largest absolute Gasteiger partial charge is 0.509 e. The molecule has 0 rings (SSSR count). The Bertz CT molecular complexity index is 325. The fourth-order valence-electron chi connectivity index (χ4n) is 2.50. The number of carbonyl (C=O) groups is 1. The van der Waals surface area contributed by atoms with E-state index >= 15 is 0 Å². The SMILES string of the molecule is CCCCCCCC/C(O)=C(/O)CCCCCCCC(=O)OO. The predicted molar refractivity (Wildman–Crippen MR) is 91.3 cm³/mol. The van der Waals surface area contributed by atoms with E-state index in [-0.39, 0.29) is 17.9 Å². The number of rotatable bonds is 15. The molecule has 0 bridgehead atoms. The summed E-state index contributed by atoms with van der Waals surface area (Å²) in [5.41, 5.74) is 0. The van der Waals surface area contributed by atoms with E-state index in [2.05, 4.69) is 11.8 Å². The highest BCUT2D eigenvalue weighted by Crippen LogP contribution is 2.16. The van der Waals surface area contributed by atoms with Gasteiger partial charge in [-0.15, -0.1) is 0 Å². The Labute approximate surface area is 140 Å². The van der Waals surface area contributed by atoms with Crippen molar-refractivity contribution in [3.8, 4) is 0 Å². The van der Waals surface area contributed by atoms with Crippen LogP contribution in [0.5, 0.6) is 0 Å². The summed E-state index contributed by atoms with van der Waals surface area (Å²) in [4.78, 5) is 14.3. The predicted octanol–water partition coefficient (Wildman–Crippen LogP) is 5.81. The van der Waals surface area contributed by atoms with Crippen LogP contribution in [0.3, 0.4) is 0 Å². The highest BCUT2D eigenvalue weighted by molar-refractivity contribution is 5.68. The molecular weight excluding hydrogens is 296 g/mol. The molecule has 0 fully saturated rings. The zero-order chi connectivity index (χ0) is 17.3. The smallest absolute Gasteiger partial charge is 0.342 e. The summed E-state index contributed by atoms with van der Waals surface area (Å²) in [5.74, 6) is -0.321. The number of aliphatic hydroxyl groups is 2. The van der Waals surface area contributed by atoms with Gasteiger partial charge in [-0.3, -0.25) is 0 Å². The standard InChI is InChI=1S/C18H34O5/c1-2-3-4-5-7-10-13-16(19)17(20)14-11-8-6-9-12-15-18(21)23-22/h19-20,22H,2-15H2,1H3/b17-16-. The Morgan fingerprint density at radius 1 is 0.696 bits per heavy atom. The molecule has 0 saturated heterocycles. The molecule has 23 heavy (non-hydrogen) atoms. The van der Waals surface area contributed by atoms with Crippen LogP contribution in [0, 0.1) is 0 Å². The number of allylic oxidation sites excluding steroid dienone is 2. The van der Waals surface area contributed by atoms with E-state index in [1.165, 1.54) is 25.7 Å². The maximum atomic E-state index is 10.7. The Hall–Kier alpha value is -1.23. The lowest BCUT2D eigenvalue weighted by molar-refractivity contribution is -0.234. The second-order valence-electron chi connectivity index (χ2n) is 6.14. The summed E-state index contributed by atoms with van der Waals surface area (Å²) < 4.78 is 0. The molecule has 0 atom stereocenters. The van der Waals surface area contributed by atoms with Crippen LogP contribution in [-0.2, 0) is 9.68 Å². The van der Waals surface area contributed by atoms with Gasteiger partial charge in [-0.25, -0.2) is 4.79 Å². The van der Waals surface area contributed by atoms with Crippen LogP contribution in [0.25, 0.3) is 0 Å². The molecule has 0 aromatic carbocycles. The average Bonchev–Trinajstić information content (AvgIpc) is 2.56.